The van der Waals surface area contributed by atoms with Gasteiger partial charge in [-0.15, -0.1) is 0 Å². The molecule has 260 valence electrons. The summed E-state index contributed by atoms with van der Waals surface area (Å²) in [5.41, 5.74) is 0.450. The fourth-order valence-corrected chi connectivity index (χ4v) is 9.19. The first-order valence-corrected chi connectivity index (χ1v) is 17.0. The van der Waals surface area contributed by atoms with Crippen molar-refractivity contribution in [2.75, 3.05) is 43.2 Å². The van der Waals surface area contributed by atoms with E-state index in [9.17, 15) is 22.8 Å². The maximum absolute atomic E-state index is 14.1. The Kier molecular flexibility index (Phi) is 8.66. The number of hydrogen-bond donors (Lipinski definition) is 4. The molecule has 1 aliphatic heterocycles. The average molecular weight is 678 g/mol. The summed E-state index contributed by atoms with van der Waals surface area (Å²) in [6.07, 6.45) is 3.72. The third-order valence-electron chi connectivity index (χ3n) is 11.1. The highest BCUT2D eigenvalue weighted by Crippen LogP contribution is 2.61. The first-order valence-electron chi connectivity index (χ1n) is 17.0. The molecule has 4 N–H and O–H groups in total. The van der Waals surface area contributed by atoms with Crippen LogP contribution in [0.4, 0.5) is 42.0 Å². The summed E-state index contributed by atoms with van der Waals surface area (Å²) >= 11 is 0. The number of alkyl halides is 3. The van der Waals surface area contributed by atoms with Gasteiger partial charge in [0.05, 0.1) is 29.5 Å². The number of benzene rings is 2. The second-order valence-electron chi connectivity index (χ2n) is 14.1. The fourth-order valence-electron chi connectivity index (χ4n) is 9.19. The molecule has 10 nitrogen and oxygen atoms in total. The molecule has 2 heterocycles. The summed E-state index contributed by atoms with van der Waals surface area (Å²) in [4.78, 5) is 37.2. The van der Waals surface area contributed by atoms with Crippen LogP contribution in [0, 0.1) is 30.1 Å². The van der Waals surface area contributed by atoms with Crippen molar-refractivity contribution in [3.05, 3.63) is 59.3 Å². The van der Waals surface area contributed by atoms with Crippen LogP contribution in [0.2, 0.25) is 0 Å². The smallest absolute Gasteiger partial charge is 0.421 e. The largest absolute Gasteiger partial charge is 0.494 e. The summed E-state index contributed by atoms with van der Waals surface area (Å²) in [6, 6.07) is 10.6. The van der Waals surface area contributed by atoms with Crippen molar-refractivity contribution < 1.29 is 27.5 Å². The highest BCUT2D eigenvalue weighted by Gasteiger charge is 2.59. The zero-order valence-corrected chi connectivity index (χ0v) is 27.9. The molecule has 2 amide bonds. The average Bonchev–Trinajstić information content (AvgIpc) is 3.59. The van der Waals surface area contributed by atoms with Crippen molar-refractivity contribution in [3.63, 3.8) is 0 Å². The van der Waals surface area contributed by atoms with Gasteiger partial charge in [-0.3, -0.25) is 14.5 Å². The zero-order valence-electron chi connectivity index (χ0n) is 27.9. The van der Waals surface area contributed by atoms with Crippen molar-refractivity contribution in [2.45, 2.75) is 64.1 Å². The summed E-state index contributed by atoms with van der Waals surface area (Å²) in [5.74, 6) is 1.06. The van der Waals surface area contributed by atoms with Crippen LogP contribution >= 0.6 is 0 Å². The lowest BCUT2D eigenvalue weighted by molar-refractivity contribution is -0.149. The molecule has 3 aromatic rings. The minimum Gasteiger partial charge on any atom is -0.494 e. The predicted molar refractivity (Wildman–Crippen MR) is 180 cm³/mol. The molecule has 49 heavy (non-hydrogen) atoms. The van der Waals surface area contributed by atoms with Gasteiger partial charge in [-0.1, -0.05) is 12.1 Å². The Morgan fingerprint density at radius 3 is 2.43 bits per heavy atom. The van der Waals surface area contributed by atoms with Crippen LogP contribution in [0.1, 0.15) is 66.4 Å². The molecule has 8 rings (SSSR count). The molecule has 1 aromatic heterocycles. The molecular formula is C36H42F3N7O3. The summed E-state index contributed by atoms with van der Waals surface area (Å²) in [7, 11) is 2.92. The van der Waals surface area contributed by atoms with Gasteiger partial charge in [0.2, 0.25) is 11.9 Å². The van der Waals surface area contributed by atoms with Gasteiger partial charge >= 0.3 is 6.18 Å². The SMILES string of the molecule is CNC(=O)c1cccc(C)c1Nc1nc(Nc2ccc(NC(=O)C34CC5CC(C3)C(N3CCCC3)C(C5)C4)cc2OC)ncc1C(F)(F)F. The molecule has 2 atom stereocenters. The third kappa shape index (κ3) is 6.28. The molecule has 2 aromatic carbocycles. The topological polar surface area (TPSA) is 121 Å². The van der Waals surface area contributed by atoms with Crippen LogP contribution in [0.25, 0.3) is 0 Å². The van der Waals surface area contributed by atoms with Crippen LogP contribution < -0.4 is 26.0 Å². The number of anilines is 5. The lowest BCUT2D eigenvalue weighted by Gasteiger charge is -2.61. The summed E-state index contributed by atoms with van der Waals surface area (Å²) in [5, 5.41) is 11.4. The van der Waals surface area contributed by atoms with Crippen LogP contribution in [-0.4, -0.2) is 60.0 Å². The first-order chi connectivity index (χ1) is 23.5. The molecule has 0 spiro atoms. The van der Waals surface area contributed by atoms with E-state index in [0.717, 1.165) is 19.3 Å². The van der Waals surface area contributed by atoms with Crippen molar-refractivity contribution >= 4 is 40.6 Å². The van der Waals surface area contributed by atoms with E-state index in [1.165, 1.54) is 59.0 Å². The molecule has 4 saturated carbocycles. The number of aryl methyl sites for hydroxylation is 1. The second-order valence-corrected chi connectivity index (χ2v) is 14.1. The number of para-hydroxylation sites is 1. The van der Waals surface area contributed by atoms with E-state index >= 15 is 0 Å². The molecule has 13 heteroatoms. The van der Waals surface area contributed by atoms with Gasteiger partial charge in [0.25, 0.3) is 5.91 Å². The van der Waals surface area contributed by atoms with E-state index in [4.69, 9.17) is 4.74 Å². The van der Waals surface area contributed by atoms with Gasteiger partial charge < -0.3 is 26.0 Å². The molecule has 2 unspecified atom stereocenters. The Bertz CT molecular complexity index is 1740. The fraction of sp³-hybridized carbons (Fsp3) is 0.500. The maximum atomic E-state index is 14.1. The lowest BCUT2D eigenvalue weighted by atomic mass is 9.47. The number of hydrogen-bond acceptors (Lipinski definition) is 8. The Balaban J connectivity index is 1.10. The molecule has 5 aliphatic rings. The number of likely N-dealkylation sites (tertiary alicyclic amines) is 1. The number of nitrogens with zero attached hydrogens (tertiary/aromatic N) is 3. The first kappa shape index (κ1) is 33.1. The zero-order chi connectivity index (χ0) is 34.5. The number of methoxy groups -OCH3 is 1. The number of halogens is 3. The van der Waals surface area contributed by atoms with Crippen molar-refractivity contribution in [3.8, 4) is 5.75 Å². The Morgan fingerprint density at radius 2 is 1.76 bits per heavy atom. The van der Waals surface area contributed by atoms with Gasteiger partial charge in [-0.05, 0) is 106 Å². The minimum atomic E-state index is -4.76. The van der Waals surface area contributed by atoms with E-state index in [1.54, 1.807) is 37.3 Å². The normalized spacial score (nSPS) is 26.0. The highest BCUT2D eigenvalue weighted by molar-refractivity contribution is 6.01. The summed E-state index contributed by atoms with van der Waals surface area (Å²) < 4.78 is 47.8. The van der Waals surface area contributed by atoms with E-state index in [-0.39, 0.29) is 28.5 Å². The van der Waals surface area contributed by atoms with Crippen LogP contribution in [0.5, 0.6) is 5.75 Å². The minimum absolute atomic E-state index is 0.0589. The standard InChI is InChI=1S/C36H42F3N7O3/c1-20-7-6-8-25(32(47)40-2)29(20)44-31-26(36(37,38)39)19-41-34(45-31)43-27-10-9-24(15-28(27)49-3)42-33(48)35-16-21-13-22(17-35)30(23(14-21)18-35)46-11-4-5-12-46/h6-10,15,19,21-23,30H,4-5,11-14,16-18H2,1-3H3,(H,40,47)(H,42,48)(H2,41,43,44,45). The van der Waals surface area contributed by atoms with Gasteiger partial charge in [0.15, 0.2) is 0 Å². The van der Waals surface area contributed by atoms with E-state index < -0.39 is 23.5 Å². The molecule has 0 radical (unpaired) electrons. The van der Waals surface area contributed by atoms with Crippen molar-refractivity contribution in [1.82, 2.24) is 20.2 Å². The molecule has 5 fully saturated rings. The highest BCUT2D eigenvalue weighted by atomic mass is 19.4. The van der Waals surface area contributed by atoms with Gasteiger partial charge in [-0.2, -0.15) is 18.2 Å². The Hall–Kier alpha value is -4.39. The number of amides is 2. The number of rotatable bonds is 9. The molecule has 4 bridgehead atoms. The van der Waals surface area contributed by atoms with Gasteiger partial charge in [0, 0.05) is 31.0 Å². The quantitative estimate of drug-likeness (QED) is 0.193. The molecule has 4 aliphatic carbocycles. The van der Waals surface area contributed by atoms with Crippen molar-refractivity contribution in [2.24, 2.45) is 23.2 Å². The number of nitrogens with one attached hydrogen (secondary N) is 4. The predicted octanol–water partition coefficient (Wildman–Crippen LogP) is 6.89. The van der Waals surface area contributed by atoms with Gasteiger partial charge in [0.1, 0.15) is 17.1 Å². The number of ether oxygens (including phenoxy) is 1. The summed E-state index contributed by atoms with van der Waals surface area (Å²) in [6.45, 7) is 4.05. The maximum Gasteiger partial charge on any atom is 0.421 e. The van der Waals surface area contributed by atoms with E-state index in [1.807, 2.05) is 0 Å². The number of carbonyl (C=O) groups is 2. The molecule has 1 saturated heterocycles. The van der Waals surface area contributed by atoms with E-state index in [2.05, 4.69) is 36.1 Å². The number of carbonyl (C=O) groups excluding carboxylic acids is 2. The Labute approximate surface area is 283 Å². The van der Waals surface area contributed by atoms with Crippen LogP contribution in [0.3, 0.4) is 0 Å². The lowest BCUT2D eigenvalue weighted by Crippen LogP contribution is -2.61. The number of aromatic nitrogens is 2. The van der Waals surface area contributed by atoms with E-state index in [0.29, 0.717) is 52.7 Å². The van der Waals surface area contributed by atoms with Crippen LogP contribution in [0.15, 0.2) is 42.6 Å². The second kappa shape index (κ2) is 12.8. The monoisotopic (exact) mass is 677 g/mol. The van der Waals surface area contributed by atoms with Crippen LogP contribution in [-0.2, 0) is 11.0 Å². The van der Waals surface area contributed by atoms with Gasteiger partial charge in [-0.25, -0.2) is 4.98 Å². The Morgan fingerprint density at radius 1 is 1.02 bits per heavy atom. The third-order valence-corrected chi connectivity index (χ3v) is 11.1. The molecular weight excluding hydrogens is 635 g/mol. The van der Waals surface area contributed by atoms with Crippen molar-refractivity contribution in [1.29, 1.82) is 0 Å².